The molecule has 0 saturated heterocycles. The van der Waals surface area contributed by atoms with Gasteiger partial charge in [-0.2, -0.15) is 18.3 Å². The molecule has 0 bridgehead atoms. The molecule has 0 saturated carbocycles. The molecule has 1 heterocycles. The van der Waals surface area contributed by atoms with Crippen LogP contribution in [0, 0.1) is 0 Å². The quantitative estimate of drug-likeness (QED) is 0.782. The molecule has 2 aromatic carbocycles. The standard InChI is InChI=1S/C16H9F3N2O3/c17-16(18,19)10-7-4-8-11-12(10)14(22)13(15(23)24)20-21(11)9-5-2-1-3-6-9/h1-8H,(H,23,24). The van der Waals surface area contributed by atoms with Crippen molar-refractivity contribution < 1.29 is 23.1 Å². The summed E-state index contributed by atoms with van der Waals surface area (Å²) in [7, 11) is 0. The third-order valence-corrected chi connectivity index (χ3v) is 3.42. The van der Waals surface area contributed by atoms with Crippen molar-refractivity contribution in [2.45, 2.75) is 6.18 Å². The smallest absolute Gasteiger partial charge is 0.417 e. The highest BCUT2D eigenvalue weighted by Crippen LogP contribution is 2.33. The molecule has 1 aromatic heterocycles. The molecule has 0 aliphatic rings. The number of halogens is 3. The van der Waals surface area contributed by atoms with Gasteiger partial charge in [-0.15, -0.1) is 0 Å². The van der Waals surface area contributed by atoms with Gasteiger partial charge in [0.2, 0.25) is 11.1 Å². The Balaban J connectivity index is 2.53. The molecule has 0 aliphatic heterocycles. The number of aromatic nitrogens is 2. The van der Waals surface area contributed by atoms with Crippen molar-refractivity contribution in [3.63, 3.8) is 0 Å². The molecular formula is C16H9F3N2O3. The van der Waals surface area contributed by atoms with E-state index in [4.69, 9.17) is 5.11 Å². The Hall–Kier alpha value is -3.16. The number of carbonyl (C=O) groups is 1. The topological polar surface area (TPSA) is 72.2 Å². The minimum absolute atomic E-state index is 0.119. The number of benzene rings is 2. The van der Waals surface area contributed by atoms with Crippen molar-refractivity contribution in [3.8, 4) is 5.69 Å². The molecule has 3 aromatic rings. The van der Waals surface area contributed by atoms with Crippen LogP contribution in [-0.2, 0) is 6.18 Å². The number of rotatable bonds is 2. The molecule has 0 fully saturated rings. The highest BCUT2D eigenvalue weighted by molar-refractivity contribution is 5.92. The molecule has 0 atom stereocenters. The van der Waals surface area contributed by atoms with Crippen molar-refractivity contribution in [2.75, 3.05) is 0 Å². The molecule has 3 rings (SSSR count). The van der Waals surface area contributed by atoms with Gasteiger partial charge < -0.3 is 5.11 Å². The summed E-state index contributed by atoms with van der Waals surface area (Å²) in [6.07, 6.45) is -4.80. The summed E-state index contributed by atoms with van der Waals surface area (Å²) in [5, 5.41) is 12.1. The van der Waals surface area contributed by atoms with Gasteiger partial charge in [-0.3, -0.25) is 4.79 Å². The van der Waals surface area contributed by atoms with Crippen LogP contribution in [0.25, 0.3) is 16.6 Å². The zero-order valence-electron chi connectivity index (χ0n) is 11.9. The van der Waals surface area contributed by atoms with Crippen molar-refractivity contribution in [1.29, 1.82) is 0 Å². The molecule has 0 amide bonds. The fourth-order valence-electron chi connectivity index (χ4n) is 2.42. The normalized spacial score (nSPS) is 11.6. The van der Waals surface area contributed by atoms with Crippen LogP contribution in [0.1, 0.15) is 16.1 Å². The minimum atomic E-state index is -4.80. The third-order valence-electron chi connectivity index (χ3n) is 3.42. The maximum Gasteiger partial charge on any atom is 0.417 e. The van der Waals surface area contributed by atoms with Crippen molar-refractivity contribution in [3.05, 3.63) is 70.0 Å². The average molecular weight is 334 g/mol. The summed E-state index contributed by atoms with van der Waals surface area (Å²) in [6.45, 7) is 0. The third kappa shape index (κ3) is 2.51. The molecule has 0 unspecified atom stereocenters. The lowest BCUT2D eigenvalue weighted by molar-refractivity contribution is -0.136. The van der Waals surface area contributed by atoms with E-state index in [0.29, 0.717) is 5.69 Å². The number of fused-ring (bicyclic) bond motifs is 1. The second-order valence-electron chi connectivity index (χ2n) is 4.93. The Morgan fingerprint density at radius 2 is 1.71 bits per heavy atom. The Labute approximate surface area is 132 Å². The highest BCUT2D eigenvalue weighted by Gasteiger charge is 2.35. The van der Waals surface area contributed by atoms with Gasteiger partial charge in [-0.1, -0.05) is 24.3 Å². The summed E-state index contributed by atoms with van der Waals surface area (Å²) in [5.74, 6) is -1.69. The van der Waals surface area contributed by atoms with E-state index >= 15 is 0 Å². The van der Waals surface area contributed by atoms with Crippen LogP contribution in [0.4, 0.5) is 13.2 Å². The van der Waals surface area contributed by atoms with E-state index in [0.717, 1.165) is 16.8 Å². The molecular weight excluding hydrogens is 325 g/mol. The van der Waals surface area contributed by atoms with E-state index in [2.05, 4.69) is 5.10 Å². The lowest BCUT2D eigenvalue weighted by Gasteiger charge is -2.14. The van der Waals surface area contributed by atoms with E-state index in [-0.39, 0.29) is 5.52 Å². The van der Waals surface area contributed by atoms with Crippen LogP contribution >= 0.6 is 0 Å². The number of hydrogen-bond donors (Lipinski definition) is 1. The first kappa shape index (κ1) is 15.7. The average Bonchev–Trinajstić information content (AvgIpc) is 2.54. The summed E-state index contributed by atoms with van der Waals surface area (Å²) in [5.41, 5.74) is -3.21. The van der Waals surface area contributed by atoms with Crippen LogP contribution in [0.2, 0.25) is 0 Å². The van der Waals surface area contributed by atoms with Gasteiger partial charge in [-0.05, 0) is 24.3 Å². The summed E-state index contributed by atoms with van der Waals surface area (Å²) in [4.78, 5) is 23.5. The van der Waals surface area contributed by atoms with Crippen molar-refractivity contribution in [1.82, 2.24) is 9.78 Å². The lowest BCUT2D eigenvalue weighted by atomic mass is 10.1. The largest absolute Gasteiger partial charge is 0.476 e. The number of carboxylic acid groups (broad SMARTS) is 1. The zero-order chi connectivity index (χ0) is 17.5. The number of aromatic carboxylic acids is 1. The van der Waals surface area contributed by atoms with Crippen molar-refractivity contribution >= 4 is 16.9 Å². The summed E-state index contributed by atoms with van der Waals surface area (Å²) in [6, 6.07) is 11.2. The molecule has 0 aliphatic carbocycles. The lowest BCUT2D eigenvalue weighted by Crippen LogP contribution is -2.24. The van der Waals surface area contributed by atoms with E-state index in [1.807, 2.05) is 0 Å². The van der Waals surface area contributed by atoms with Gasteiger partial charge in [0.15, 0.2) is 0 Å². The van der Waals surface area contributed by atoms with Crippen molar-refractivity contribution in [2.24, 2.45) is 0 Å². The number of carboxylic acids is 1. The number of alkyl halides is 3. The maximum absolute atomic E-state index is 13.2. The second kappa shape index (κ2) is 5.48. The molecule has 8 heteroatoms. The van der Waals surface area contributed by atoms with Crippen LogP contribution in [0.15, 0.2) is 53.3 Å². The van der Waals surface area contributed by atoms with Crippen LogP contribution in [0.5, 0.6) is 0 Å². The van der Waals surface area contributed by atoms with Crippen LogP contribution < -0.4 is 5.43 Å². The van der Waals surface area contributed by atoms with Gasteiger partial charge >= 0.3 is 12.1 Å². The molecule has 0 radical (unpaired) electrons. The molecule has 122 valence electrons. The Morgan fingerprint density at radius 1 is 1.04 bits per heavy atom. The Morgan fingerprint density at radius 3 is 2.29 bits per heavy atom. The SMILES string of the molecule is O=C(O)c1nn(-c2ccccc2)c2cccc(C(F)(F)F)c2c1=O. The van der Waals surface area contributed by atoms with Gasteiger partial charge in [0.25, 0.3) is 0 Å². The van der Waals surface area contributed by atoms with Gasteiger partial charge in [0.05, 0.1) is 22.2 Å². The fourth-order valence-corrected chi connectivity index (χ4v) is 2.42. The van der Waals surface area contributed by atoms with E-state index < -0.39 is 34.2 Å². The van der Waals surface area contributed by atoms with E-state index in [9.17, 15) is 22.8 Å². The summed E-state index contributed by atoms with van der Waals surface area (Å²) >= 11 is 0. The van der Waals surface area contributed by atoms with Crippen LogP contribution in [-0.4, -0.2) is 20.9 Å². The predicted molar refractivity (Wildman–Crippen MR) is 79.3 cm³/mol. The zero-order valence-corrected chi connectivity index (χ0v) is 11.9. The fraction of sp³-hybridized carbons (Fsp3) is 0.0625. The second-order valence-corrected chi connectivity index (χ2v) is 4.93. The Kier molecular flexibility index (Phi) is 3.59. The Bertz CT molecular complexity index is 995. The van der Waals surface area contributed by atoms with Gasteiger partial charge in [-0.25, -0.2) is 9.48 Å². The molecule has 1 N–H and O–H groups in total. The van der Waals surface area contributed by atoms with Gasteiger partial charge in [0, 0.05) is 0 Å². The van der Waals surface area contributed by atoms with E-state index in [1.54, 1.807) is 30.3 Å². The number of hydrogen-bond acceptors (Lipinski definition) is 3. The minimum Gasteiger partial charge on any atom is -0.476 e. The predicted octanol–water partition coefficient (Wildman–Crippen LogP) is 3.10. The molecule has 24 heavy (non-hydrogen) atoms. The molecule has 5 nitrogen and oxygen atoms in total. The first-order valence-corrected chi connectivity index (χ1v) is 6.72. The van der Waals surface area contributed by atoms with E-state index in [1.165, 1.54) is 6.07 Å². The number of para-hydroxylation sites is 1. The first-order valence-electron chi connectivity index (χ1n) is 6.72. The van der Waals surface area contributed by atoms with Gasteiger partial charge in [0.1, 0.15) is 0 Å². The summed E-state index contributed by atoms with van der Waals surface area (Å²) < 4.78 is 40.8. The first-order chi connectivity index (χ1) is 11.3. The molecule has 0 spiro atoms. The highest BCUT2D eigenvalue weighted by atomic mass is 19.4. The monoisotopic (exact) mass is 334 g/mol. The number of nitrogens with zero attached hydrogens (tertiary/aromatic N) is 2. The maximum atomic E-state index is 13.2. The van der Waals surface area contributed by atoms with Crippen LogP contribution in [0.3, 0.4) is 0 Å².